The fraction of sp³-hybridized carbons (Fsp3) is 0.465. The smallest absolute Gasteiger partial charge is 0.246 e. The Labute approximate surface area is 797 Å². The molecule has 34 nitrogen and oxygen atoms in total. The number of rotatable bonds is 21. The number of halogens is 3. The zero-order valence-electron chi connectivity index (χ0n) is 78.1. The van der Waals surface area contributed by atoms with E-state index in [1.165, 1.54) is 82.0 Å². The second-order valence-corrected chi connectivity index (χ2v) is 37.5. The predicted octanol–water partition coefficient (Wildman–Crippen LogP) is 4.17. The van der Waals surface area contributed by atoms with Gasteiger partial charge < -0.3 is 98.6 Å². The topological polar surface area (TPSA) is 480 Å². The van der Waals surface area contributed by atoms with Gasteiger partial charge in [-0.3, -0.25) is 71.9 Å². The van der Waals surface area contributed by atoms with E-state index in [1.807, 2.05) is 6.92 Å². The van der Waals surface area contributed by atoms with Gasteiger partial charge in [-0.05, 0) is 139 Å². The van der Waals surface area contributed by atoms with Gasteiger partial charge in [0.05, 0.1) is 12.3 Å². The van der Waals surface area contributed by atoms with Crippen molar-refractivity contribution in [1.82, 2.24) is 76.9 Å². The summed E-state index contributed by atoms with van der Waals surface area (Å²) in [5.41, 5.74) is 14.9. The molecule has 6 aromatic carbocycles. The van der Waals surface area contributed by atoms with Gasteiger partial charge in [0, 0.05) is 108 Å². The molecule has 15 N–H and O–H groups in total. The molecule has 0 spiro atoms. The van der Waals surface area contributed by atoms with E-state index in [1.54, 1.807) is 131 Å². The number of benzene rings is 6. The summed E-state index contributed by atoms with van der Waals surface area (Å²) in [6.45, 7) is 7.68. The molecule has 1 aromatic heterocycles. The molecule has 0 aliphatic carbocycles. The van der Waals surface area contributed by atoms with E-state index in [9.17, 15) is 29.0 Å². The number of phenols is 2. The number of hydrogen-bond acceptors (Lipinski definition) is 19. The maximum atomic E-state index is 16.0. The Bertz CT molecular complexity index is 5470. The summed E-state index contributed by atoms with van der Waals surface area (Å²) >= 11 is 0.700. The molecule has 5 heterocycles. The zero-order chi connectivity index (χ0) is 99.2. The first-order chi connectivity index (χ1) is 65.4. The molecule has 38 heteroatoms. The molecule has 4 fully saturated rings. The van der Waals surface area contributed by atoms with Crippen LogP contribution in [0.25, 0.3) is 10.9 Å². The minimum absolute atomic E-state index is 0.0127. The van der Waals surface area contributed by atoms with Crippen LogP contribution < -0.4 is 54.0 Å². The highest BCUT2D eigenvalue weighted by atomic mass is 32.2. The number of unbranched alkanes of at least 4 members (excludes halogenated alkanes) is 1. The Hall–Kier alpha value is -13.4. The van der Waals surface area contributed by atoms with Crippen molar-refractivity contribution in [2.24, 2.45) is 23.3 Å². The summed E-state index contributed by atoms with van der Waals surface area (Å²) in [5, 5.41) is 43.5. The highest BCUT2D eigenvalue weighted by molar-refractivity contribution is 8.00. The number of para-hydroxylation sites is 1. The first-order valence-electron chi connectivity index (χ1n) is 46.4. The van der Waals surface area contributed by atoms with E-state index in [0.717, 1.165) is 4.90 Å². The summed E-state index contributed by atoms with van der Waals surface area (Å²) in [6.07, 6.45) is 1.52. The van der Waals surface area contributed by atoms with Gasteiger partial charge in [-0.2, -0.15) is 0 Å². The van der Waals surface area contributed by atoms with E-state index in [-0.39, 0.29) is 107 Å². The SMILES string of the molecule is CCCCC1C(=O)N2CCCC2C(=O)N2CC(N)CC2C(=O)NC(C(C)C)C(=O)N(C)C(Cc2ccccc2)C(=O)NC(Cc2ccc(O)cc2)C(=O)N2CCCCC2C(=O)NC(Cc2c[nH]c3ccccc23)C(=O)NC(Cc2ccc(O)cc2)C(=O)NC(CC(C)C)C(=O)NC(C(=O)NCC(N)=O)CSCC(=O)NC(Cc2cc(F)c(F)c(F)c2)C(=O)N(C)C(Cc2ccccc2)C(=O)N1C. The minimum atomic E-state index is -1.84. The molecule has 734 valence electrons. The van der Waals surface area contributed by atoms with Crippen molar-refractivity contribution in [2.45, 2.75) is 222 Å². The summed E-state index contributed by atoms with van der Waals surface area (Å²) < 4.78 is 45.2. The largest absolute Gasteiger partial charge is 0.508 e. The van der Waals surface area contributed by atoms with E-state index in [2.05, 4.69) is 47.5 Å². The number of carbonyl (C=O) groups is 15. The van der Waals surface area contributed by atoms with Crippen molar-refractivity contribution in [1.29, 1.82) is 0 Å². The van der Waals surface area contributed by atoms with Crippen LogP contribution in [0.5, 0.6) is 11.5 Å². The Morgan fingerprint density at radius 1 is 0.496 bits per heavy atom. The molecule has 14 atom stereocenters. The second-order valence-electron chi connectivity index (χ2n) is 36.5. The first kappa shape index (κ1) is 104. The van der Waals surface area contributed by atoms with Crippen LogP contribution in [-0.2, 0) is 110 Å². The molecular formula is C99H124F3N17O17S. The van der Waals surface area contributed by atoms with E-state index >= 15 is 66.3 Å². The fourth-order valence-electron chi connectivity index (χ4n) is 18.1. The first-order valence-corrected chi connectivity index (χ1v) is 47.6. The van der Waals surface area contributed by atoms with Crippen molar-refractivity contribution in [3.05, 3.63) is 203 Å². The molecule has 14 unspecified atom stereocenters. The van der Waals surface area contributed by atoms with Crippen LogP contribution in [-0.4, -0.2) is 277 Å². The monoisotopic (exact) mass is 1910 g/mol. The highest BCUT2D eigenvalue weighted by Crippen LogP contribution is 2.31. The van der Waals surface area contributed by atoms with E-state index in [4.69, 9.17) is 11.5 Å². The Balaban J connectivity index is 0.991. The number of likely N-dealkylation sites (N-methyl/N-ethyl adjacent to an activating group) is 3. The van der Waals surface area contributed by atoms with Crippen molar-refractivity contribution < 1.29 is 95.3 Å². The maximum Gasteiger partial charge on any atom is 0.246 e. The molecule has 7 aromatic rings. The number of H-pyrrole nitrogens is 1. The van der Waals surface area contributed by atoms with Gasteiger partial charge in [-0.15, -0.1) is 11.8 Å². The average Bonchev–Trinajstić information content (AvgIpc) is 1.65. The van der Waals surface area contributed by atoms with Gasteiger partial charge in [0.1, 0.15) is 90.0 Å². The molecule has 0 radical (unpaired) electrons. The van der Waals surface area contributed by atoms with Gasteiger partial charge in [-0.25, -0.2) is 13.2 Å². The molecule has 15 amide bonds. The molecule has 0 saturated carbocycles. The van der Waals surface area contributed by atoms with Crippen LogP contribution >= 0.6 is 11.8 Å². The molecule has 4 aliphatic heterocycles. The third kappa shape index (κ3) is 27.5. The number of carbonyl (C=O) groups excluding carboxylic acids is 15. The lowest BCUT2D eigenvalue weighted by atomic mass is 9.96. The van der Waals surface area contributed by atoms with Crippen LogP contribution in [0.4, 0.5) is 13.2 Å². The van der Waals surface area contributed by atoms with Gasteiger partial charge in [0.2, 0.25) is 88.6 Å². The summed E-state index contributed by atoms with van der Waals surface area (Å²) in [7, 11) is 3.98. The molecule has 0 bridgehead atoms. The number of fused-ring (bicyclic) bond motifs is 4. The molecule has 137 heavy (non-hydrogen) atoms. The number of aromatic amines is 1. The third-order valence-electron chi connectivity index (χ3n) is 25.5. The van der Waals surface area contributed by atoms with Gasteiger partial charge in [0.15, 0.2) is 17.5 Å². The van der Waals surface area contributed by atoms with E-state index < -0.39 is 227 Å². The average molecular weight is 1910 g/mol. The van der Waals surface area contributed by atoms with Gasteiger partial charge in [0.25, 0.3) is 0 Å². The highest BCUT2D eigenvalue weighted by Gasteiger charge is 2.49. The number of piperidine rings is 1. The van der Waals surface area contributed by atoms with Crippen LogP contribution in [0, 0.1) is 29.3 Å². The normalized spacial score (nSPS) is 24.4. The number of primary amides is 1. The molecular weight excluding hydrogens is 1790 g/mol. The zero-order valence-corrected chi connectivity index (χ0v) is 78.9. The van der Waals surface area contributed by atoms with Crippen molar-refractivity contribution >= 4 is 111 Å². The Morgan fingerprint density at radius 2 is 1.01 bits per heavy atom. The third-order valence-corrected chi connectivity index (χ3v) is 26.6. The number of hydrogen-bond donors (Lipinski definition) is 13. The minimum Gasteiger partial charge on any atom is -0.508 e. The second kappa shape index (κ2) is 48.4. The maximum absolute atomic E-state index is 16.0. The number of phenolic OH excluding ortho intramolecular Hbond substituents is 2. The lowest BCUT2D eigenvalue weighted by Crippen LogP contribution is -2.63. The number of nitrogens with two attached hydrogens (primary N) is 2. The summed E-state index contributed by atoms with van der Waals surface area (Å²) in [6, 6.07) is 16.7. The Kier molecular flexibility index (Phi) is 36.8. The van der Waals surface area contributed by atoms with E-state index in [0.29, 0.717) is 88.3 Å². The van der Waals surface area contributed by atoms with Crippen LogP contribution in [0.3, 0.4) is 0 Å². The number of nitrogens with zero attached hydrogens (tertiary/aromatic N) is 6. The lowest BCUT2D eigenvalue weighted by Gasteiger charge is -2.39. The van der Waals surface area contributed by atoms with Gasteiger partial charge >= 0.3 is 0 Å². The number of thioether (sulfide) groups is 1. The number of aromatic nitrogens is 1. The van der Waals surface area contributed by atoms with Crippen LogP contribution in [0.15, 0.2) is 152 Å². The summed E-state index contributed by atoms with van der Waals surface area (Å²) in [5.74, 6) is -20.7. The van der Waals surface area contributed by atoms with Crippen molar-refractivity contribution in [2.75, 3.05) is 58.8 Å². The van der Waals surface area contributed by atoms with Crippen molar-refractivity contribution in [3.63, 3.8) is 0 Å². The molecule has 11 rings (SSSR count). The van der Waals surface area contributed by atoms with Crippen LogP contribution in [0.2, 0.25) is 0 Å². The molecule has 4 aliphatic rings. The van der Waals surface area contributed by atoms with Crippen molar-refractivity contribution in [3.8, 4) is 11.5 Å². The Morgan fingerprint density at radius 3 is 1.62 bits per heavy atom. The number of nitrogens with one attached hydrogen (secondary N) is 9. The summed E-state index contributed by atoms with van der Waals surface area (Å²) in [4.78, 5) is 239. The molecule has 4 saturated heterocycles. The lowest BCUT2D eigenvalue weighted by molar-refractivity contribution is -0.154. The van der Waals surface area contributed by atoms with Crippen LogP contribution in [0.1, 0.15) is 132 Å². The van der Waals surface area contributed by atoms with Gasteiger partial charge in [-0.1, -0.05) is 151 Å². The number of aromatic hydroxyl groups is 2. The quantitative estimate of drug-likeness (QED) is 0.0449. The predicted molar refractivity (Wildman–Crippen MR) is 505 cm³/mol. The fourth-order valence-corrected chi connectivity index (χ4v) is 18.9. The number of amides is 15. The standard InChI is InChI=1S/C99H124F3N17O17S/c1-9-10-28-78-97(134)118-40-21-30-79(118)98(135)119-53-64(103)50-81(119)93(130)113-86(57(4)5)99(136)115(7)80(47-58-22-13-11-14-23-58)92(129)111-75(45-61-33-37-66(121)38-34-61)95(132)117-39-20-19-29-77(117)91(128)110-73(49-63-51-105-70-27-18-17-26-67(63)70)90(127)109-72(44-60-31-35-65(120)36-32-60)89(126)108-71(41-56(2)3)88(125)112-76(87(124)106-52-83(104)122)54-137-55-84(123)107-74(46-62-42-68(100)85(102)69(101)43-62)94(131)116(8)82(96(133)114(78)6)48-59-24-15-12-16-25-59/h11-18,22-27,31-38,42-43,51,56-57,64,71-82,86,105,120-121H,9-10,19-21,28-30,39-41,44-50,52-55,103H2,1-8H3,(H2,104,122)(H,106,124)(H,107,123)(H,108,126)(H,109,127)(H,110,128)(H,111,129)(H,112,125)(H,113,130).